The smallest absolute Gasteiger partial charge is 0.416 e. The third kappa shape index (κ3) is 4.37. The Morgan fingerprint density at radius 3 is 2.81 bits per heavy atom. The van der Waals surface area contributed by atoms with Crippen LogP contribution in [-0.2, 0) is 17.4 Å². The van der Waals surface area contributed by atoms with Crippen LogP contribution in [0.1, 0.15) is 16.7 Å². The van der Waals surface area contributed by atoms with E-state index >= 15 is 0 Å². The van der Waals surface area contributed by atoms with Crippen LogP contribution in [0.3, 0.4) is 0 Å². The Morgan fingerprint density at radius 1 is 1.19 bits per heavy atom. The zero-order valence-corrected chi connectivity index (χ0v) is 13.8. The number of benzene rings is 2. The first-order chi connectivity index (χ1) is 12.4. The van der Waals surface area contributed by atoms with Gasteiger partial charge in [-0.25, -0.2) is 0 Å². The molecule has 0 bridgehead atoms. The summed E-state index contributed by atoms with van der Waals surface area (Å²) >= 11 is 0. The number of alkyl halides is 3. The van der Waals surface area contributed by atoms with E-state index in [0.29, 0.717) is 13.0 Å². The predicted octanol–water partition coefficient (Wildman–Crippen LogP) is 3.42. The number of para-hydroxylation sites is 1. The zero-order valence-electron chi connectivity index (χ0n) is 13.8. The Kier molecular flexibility index (Phi) is 5.17. The van der Waals surface area contributed by atoms with Crippen LogP contribution in [0.5, 0.6) is 5.75 Å². The molecule has 2 aromatic rings. The summed E-state index contributed by atoms with van der Waals surface area (Å²) in [6.07, 6.45) is -3.81. The minimum atomic E-state index is -4.40. The first kappa shape index (κ1) is 17.9. The van der Waals surface area contributed by atoms with Gasteiger partial charge in [0.25, 0.3) is 0 Å². The molecule has 1 N–H and O–H groups in total. The molecule has 6 heteroatoms. The fourth-order valence-corrected chi connectivity index (χ4v) is 2.69. The summed E-state index contributed by atoms with van der Waals surface area (Å²) in [4.78, 5) is 12.2. The molecule has 1 aliphatic rings. The summed E-state index contributed by atoms with van der Waals surface area (Å²) in [5.74, 6) is 5.62. The molecule has 3 rings (SSSR count). The van der Waals surface area contributed by atoms with Crippen LogP contribution in [0.25, 0.3) is 0 Å². The second-order valence-electron chi connectivity index (χ2n) is 5.92. The quantitative estimate of drug-likeness (QED) is 0.835. The molecule has 1 aliphatic heterocycles. The van der Waals surface area contributed by atoms with Gasteiger partial charge in [0.2, 0.25) is 5.91 Å². The van der Waals surface area contributed by atoms with Crippen LogP contribution in [0, 0.1) is 17.8 Å². The van der Waals surface area contributed by atoms with Gasteiger partial charge in [-0.15, -0.1) is 0 Å². The highest BCUT2D eigenvalue weighted by molar-refractivity contribution is 5.79. The molecule has 1 amide bonds. The SMILES string of the molecule is O=C(NCC#Cc1cccc(C(F)(F)F)c1)C1COc2ccccc2C1. The van der Waals surface area contributed by atoms with Gasteiger partial charge in [-0.1, -0.05) is 36.1 Å². The van der Waals surface area contributed by atoms with Crippen LogP contribution in [0.15, 0.2) is 48.5 Å². The highest BCUT2D eigenvalue weighted by Crippen LogP contribution is 2.29. The standard InChI is InChI=1S/C20H16F3NO2/c21-20(22,23)17-8-3-5-14(11-17)6-4-10-24-19(25)16-12-15-7-1-2-9-18(15)26-13-16/h1-3,5,7-9,11,16H,10,12-13H2,(H,24,25). The van der Waals surface area contributed by atoms with Crippen molar-refractivity contribution in [3.8, 4) is 17.6 Å². The van der Waals surface area contributed by atoms with Gasteiger partial charge in [0.1, 0.15) is 12.4 Å². The van der Waals surface area contributed by atoms with Gasteiger partial charge in [0, 0.05) is 5.56 Å². The Hall–Kier alpha value is -2.94. The summed E-state index contributed by atoms with van der Waals surface area (Å²) in [5.41, 5.74) is 0.490. The number of halogens is 3. The molecule has 0 fully saturated rings. The maximum absolute atomic E-state index is 12.7. The second-order valence-corrected chi connectivity index (χ2v) is 5.92. The third-order valence-corrected chi connectivity index (χ3v) is 4.02. The molecule has 1 heterocycles. The van der Waals surface area contributed by atoms with Gasteiger partial charge in [-0.2, -0.15) is 13.2 Å². The van der Waals surface area contributed by atoms with E-state index in [0.717, 1.165) is 23.4 Å². The average molecular weight is 359 g/mol. The molecule has 0 spiro atoms. The fourth-order valence-electron chi connectivity index (χ4n) is 2.69. The van der Waals surface area contributed by atoms with Crippen LogP contribution >= 0.6 is 0 Å². The lowest BCUT2D eigenvalue weighted by Crippen LogP contribution is -2.37. The molecule has 2 aromatic carbocycles. The van der Waals surface area contributed by atoms with Gasteiger partial charge in [-0.3, -0.25) is 4.79 Å². The van der Waals surface area contributed by atoms with Crippen molar-refractivity contribution in [3.05, 3.63) is 65.2 Å². The number of amides is 1. The minimum absolute atomic E-state index is 0.0627. The molecule has 0 saturated carbocycles. The topological polar surface area (TPSA) is 38.3 Å². The summed E-state index contributed by atoms with van der Waals surface area (Å²) in [6, 6.07) is 12.3. The number of fused-ring (bicyclic) bond motifs is 1. The number of ether oxygens (including phenoxy) is 1. The largest absolute Gasteiger partial charge is 0.492 e. The number of carbonyl (C=O) groups excluding carboxylic acids is 1. The van der Waals surface area contributed by atoms with Crippen molar-refractivity contribution in [2.45, 2.75) is 12.6 Å². The van der Waals surface area contributed by atoms with E-state index in [4.69, 9.17) is 4.74 Å². The molecule has 0 aliphatic carbocycles. The van der Waals surface area contributed by atoms with Crippen LogP contribution in [0.2, 0.25) is 0 Å². The van der Waals surface area contributed by atoms with Crippen molar-refractivity contribution in [3.63, 3.8) is 0 Å². The van der Waals surface area contributed by atoms with E-state index in [1.54, 1.807) is 0 Å². The van der Waals surface area contributed by atoms with Crippen molar-refractivity contribution in [1.82, 2.24) is 5.32 Å². The van der Waals surface area contributed by atoms with E-state index in [9.17, 15) is 18.0 Å². The number of hydrogen-bond donors (Lipinski definition) is 1. The lowest BCUT2D eigenvalue weighted by molar-refractivity contribution is -0.137. The van der Waals surface area contributed by atoms with Gasteiger partial charge in [0.05, 0.1) is 18.0 Å². The Balaban J connectivity index is 1.55. The third-order valence-electron chi connectivity index (χ3n) is 4.02. The molecule has 134 valence electrons. The van der Waals surface area contributed by atoms with Crippen molar-refractivity contribution in [2.75, 3.05) is 13.2 Å². The highest BCUT2D eigenvalue weighted by Gasteiger charge is 2.30. The lowest BCUT2D eigenvalue weighted by Gasteiger charge is -2.24. The fraction of sp³-hybridized carbons (Fsp3) is 0.250. The Morgan fingerprint density at radius 2 is 2.00 bits per heavy atom. The predicted molar refractivity (Wildman–Crippen MR) is 90.5 cm³/mol. The van der Waals surface area contributed by atoms with Crippen LogP contribution in [0.4, 0.5) is 13.2 Å². The molecule has 1 unspecified atom stereocenters. The average Bonchev–Trinajstić information content (AvgIpc) is 2.64. The van der Waals surface area contributed by atoms with Crippen molar-refractivity contribution in [2.24, 2.45) is 5.92 Å². The van der Waals surface area contributed by atoms with Crippen molar-refractivity contribution >= 4 is 5.91 Å². The van der Waals surface area contributed by atoms with Crippen molar-refractivity contribution < 1.29 is 22.7 Å². The first-order valence-corrected chi connectivity index (χ1v) is 8.08. The zero-order chi connectivity index (χ0) is 18.6. The van der Waals surface area contributed by atoms with E-state index in [-0.39, 0.29) is 23.9 Å². The number of hydrogen-bond acceptors (Lipinski definition) is 2. The molecule has 0 aromatic heterocycles. The summed E-state index contributed by atoms with van der Waals surface area (Å²) < 4.78 is 43.5. The van der Waals surface area contributed by atoms with Gasteiger partial charge in [0.15, 0.2) is 0 Å². The molecular weight excluding hydrogens is 343 g/mol. The summed E-state index contributed by atoms with van der Waals surface area (Å²) in [5, 5.41) is 2.68. The minimum Gasteiger partial charge on any atom is -0.492 e. The van der Waals surface area contributed by atoms with E-state index in [1.165, 1.54) is 12.1 Å². The van der Waals surface area contributed by atoms with Gasteiger partial charge >= 0.3 is 6.18 Å². The maximum atomic E-state index is 12.7. The van der Waals surface area contributed by atoms with Crippen molar-refractivity contribution in [1.29, 1.82) is 0 Å². The van der Waals surface area contributed by atoms with Gasteiger partial charge in [-0.05, 0) is 36.2 Å². The maximum Gasteiger partial charge on any atom is 0.416 e. The summed E-state index contributed by atoms with van der Waals surface area (Å²) in [6.45, 7) is 0.358. The first-order valence-electron chi connectivity index (χ1n) is 8.08. The second kappa shape index (κ2) is 7.52. The molecule has 26 heavy (non-hydrogen) atoms. The lowest BCUT2D eigenvalue weighted by atomic mass is 9.96. The normalized spacial score (nSPS) is 15.9. The van der Waals surface area contributed by atoms with E-state index < -0.39 is 11.7 Å². The van der Waals surface area contributed by atoms with Crippen LogP contribution < -0.4 is 10.1 Å². The highest BCUT2D eigenvalue weighted by atomic mass is 19.4. The monoisotopic (exact) mass is 359 g/mol. The van der Waals surface area contributed by atoms with E-state index in [2.05, 4.69) is 17.2 Å². The molecule has 0 radical (unpaired) electrons. The Labute approximate surface area is 149 Å². The molecule has 0 saturated heterocycles. The molecular formula is C20H16F3NO2. The number of rotatable bonds is 2. The molecule has 1 atom stereocenters. The Bertz CT molecular complexity index is 865. The number of carbonyl (C=O) groups is 1. The van der Waals surface area contributed by atoms with Gasteiger partial charge < -0.3 is 10.1 Å². The molecule has 3 nitrogen and oxygen atoms in total. The number of nitrogens with one attached hydrogen (secondary N) is 1. The van der Waals surface area contributed by atoms with Crippen LogP contribution in [-0.4, -0.2) is 19.1 Å². The van der Waals surface area contributed by atoms with E-state index in [1.807, 2.05) is 24.3 Å². The summed E-state index contributed by atoms with van der Waals surface area (Å²) in [7, 11) is 0.